The van der Waals surface area contributed by atoms with Crippen LogP contribution in [0.15, 0.2) is 24.3 Å². The lowest BCUT2D eigenvalue weighted by Crippen LogP contribution is -2.14. The van der Waals surface area contributed by atoms with Gasteiger partial charge in [0.1, 0.15) is 21.8 Å². The number of nitrogens with zero attached hydrogens (tertiary/aromatic N) is 3. The van der Waals surface area contributed by atoms with Crippen molar-refractivity contribution in [3.8, 4) is 0 Å². The number of rotatable bonds is 2. The molecule has 8 heteroatoms. The third-order valence-corrected chi connectivity index (χ3v) is 2.43. The summed E-state index contributed by atoms with van der Waals surface area (Å²) in [5.41, 5.74) is 0.161. The molecule has 1 amide bonds. The molecular weight excluding hydrogens is 298 g/mol. The van der Waals surface area contributed by atoms with Crippen molar-refractivity contribution in [2.45, 2.75) is 0 Å². The highest BCUT2D eigenvalue weighted by molar-refractivity contribution is 6.32. The number of halogens is 3. The molecule has 0 bridgehead atoms. The molecule has 5 nitrogen and oxygen atoms in total. The molecule has 2 rings (SSSR count). The Morgan fingerprint density at radius 1 is 1.06 bits per heavy atom. The summed E-state index contributed by atoms with van der Waals surface area (Å²) in [7, 11) is 0. The first kappa shape index (κ1) is 13.0. The molecule has 0 aliphatic rings. The number of carbonyl (C=O) groups excluding carboxylic acids is 1. The van der Waals surface area contributed by atoms with Gasteiger partial charge in [0.2, 0.25) is 5.28 Å². The maximum absolute atomic E-state index is 11.8. The SMILES string of the molecule is O=C(Nc1cc(Cl)nc(Cl)n1)c1cccc(Cl)n1. The van der Waals surface area contributed by atoms with E-state index in [0.29, 0.717) is 0 Å². The Balaban J connectivity index is 2.21. The molecular formula is C10H5Cl3N4O. The molecule has 92 valence electrons. The van der Waals surface area contributed by atoms with Crippen molar-refractivity contribution in [3.05, 3.63) is 45.5 Å². The number of hydrogen-bond acceptors (Lipinski definition) is 4. The highest BCUT2D eigenvalue weighted by atomic mass is 35.5. The Kier molecular flexibility index (Phi) is 3.96. The quantitative estimate of drug-likeness (QED) is 0.526. The molecule has 0 unspecified atom stereocenters. The lowest BCUT2D eigenvalue weighted by molar-refractivity contribution is 0.102. The van der Waals surface area contributed by atoms with E-state index in [2.05, 4.69) is 20.3 Å². The van der Waals surface area contributed by atoms with Crippen molar-refractivity contribution in [2.75, 3.05) is 5.32 Å². The molecule has 0 atom stereocenters. The van der Waals surface area contributed by atoms with Crippen LogP contribution in [0.4, 0.5) is 5.82 Å². The van der Waals surface area contributed by atoms with Crippen LogP contribution in [-0.4, -0.2) is 20.9 Å². The minimum atomic E-state index is -0.469. The average Bonchev–Trinajstić information content (AvgIpc) is 2.27. The summed E-state index contributed by atoms with van der Waals surface area (Å²) in [6.07, 6.45) is 0. The summed E-state index contributed by atoms with van der Waals surface area (Å²) in [6, 6.07) is 6.07. The summed E-state index contributed by atoms with van der Waals surface area (Å²) >= 11 is 17.0. The van der Waals surface area contributed by atoms with Crippen LogP contribution in [0.3, 0.4) is 0 Å². The van der Waals surface area contributed by atoms with Gasteiger partial charge in [-0.25, -0.2) is 15.0 Å². The number of carbonyl (C=O) groups is 1. The van der Waals surface area contributed by atoms with E-state index in [4.69, 9.17) is 34.8 Å². The van der Waals surface area contributed by atoms with Crippen LogP contribution in [0.5, 0.6) is 0 Å². The van der Waals surface area contributed by atoms with Gasteiger partial charge < -0.3 is 5.32 Å². The molecule has 1 N–H and O–H groups in total. The Bertz CT molecular complexity index is 585. The summed E-state index contributed by atoms with van der Waals surface area (Å²) in [5.74, 6) is -0.282. The zero-order valence-electron chi connectivity index (χ0n) is 8.69. The molecule has 2 aromatic rings. The van der Waals surface area contributed by atoms with Crippen LogP contribution in [0.25, 0.3) is 0 Å². The van der Waals surface area contributed by atoms with Gasteiger partial charge in [0, 0.05) is 6.07 Å². The Morgan fingerprint density at radius 3 is 2.50 bits per heavy atom. The van der Waals surface area contributed by atoms with Crippen LogP contribution < -0.4 is 5.32 Å². The van der Waals surface area contributed by atoms with Crippen molar-refractivity contribution in [2.24, 2.45) is 0 Å². The van der Waals surface area contributed by atoms with Gasteiger partial charge in [0.05, 0.1) is 0 Å². The number of pyridine rings is 1. The number of aromatic nitrogens is 3. The van der Waals surface area contributed by atoms with Gasteiger partial charge in [-0.05, 0) is 23.7 Å². The van der Waals surface area contributed by atoms with Crippen molar-refractivity contribution in [1.29, 1.82) is 0 Å². The first-order valence-corrected chi connectivity index (χ1v) is 5.82. The largest absolute Gasteiger partial charge is 0.305 e. The predicted molar refractivity (Wildman–Crippen MR) is 69.3 cm³/mol. The second-order valence-corrected chi connectivity index (χ2v) is 4.26. The fourth-order valence-corrected chi connectivity index (χ4v) is 1.74. The molecule has 18 heavy (non-hydrogen) atoms. The van der Waals surface area contributed by atoms with E-state index in [1.54, 1.807) is 12.1 Å². The number of anilines is 1. The number of hydrogen-bond donors (Lipinski definition) is 1. The smallest absolute Gasteiger partial charge is 0.275 e. The molecule has 0 fully saturated rings. The van der Waals surface area contributed by atoms with E-state index in [9.17, 15) is 4.79 Å². The minimum Gasteiger partial charge on any atom is -0.305 e. The summed E-state index contributed by atoms with van der Waals surface area (Å²) in [6.45, 7) is 0. The standard InChI is InChI=1S/C10H5Cl3N4O/c11-6-3-1-2-5(14-6)9(18)16-8-4-7(12)15-10(13)17-8/h1-4H,(H,15,16,17,18). The zero-order chi connectivity index (χ0) is 13.1. The average molecular weight is 304 g/mol. The summed E-state index contributed by atoms with van der Waals surface area (Å²) in [4.78, 5) is 23.1. The van der Waals surface area contributed by atoms with Crippen molar-refractivity contribution in [3.63, 3.8) is 0 Å². The highest BCUT2D eigenvalue weighted by Gasteiger charge is 2.10. The van der Waals surface area contributed by atoms with Gasteiger partial charge in [-0.1, -0.05) is 29.3 Å². The first-order chi connectivity index (χ1) is 8.54. The molecule has 0 saturated carbocycles. The van der Waals surface area contributed by atoms with Crippen LogP contribution in [-0.2, 0) is 0 Å². The molecule has 2 aromatic heterocycles. The molecule has 0 aliphatic carbocycles. The lowest BCUT2D eigenvalue weighted by Gasteiger charge is -2.04. The Morgan fingerprint density at radius 2 is 1.83 bits per heavy atom. The van der Waals surface area contributed by atoms with E-state index < -0.39 is 5.91 Å². The van der Waals surface area contributed by atoms with E-state index in [0.717, 1.165) is 0 Å². The maximum atomic E-state index is 11.8. The zero-order valence-corrected chi connectivity index (χ0v) is 11.0. The number of amides is 1. The Labute approximate surface area is 117 Å². The second-order valence-electron chi connectivity index (χ2n) is 3.14. The van der Waals surface area contributed by atoms with Crippen LogP contribution >= 0.6 is 34.8 Å². The third-order valence-electron chi connectivity index (χ3n) is 1.86. The second kappa shape index (κ2) is 5.48. The van der Waals surface area contributed by atoms with Crippen LogP contribution in [0.1, 0.15) is 10.5 Å². The van der Waals surface area contributed by atoms with Gasteiger partial charge in [0.25, 0.3) is 5.91 Å². The van der Waals surface area contributed by atoms with Gasteiger partial charge >= 0.3 is 0 Å². The molecule has 0 spiro atoms. The molecule has 0 saturated heterocycles. The summed E-state index contributed by atoms with van der Waals surface area (Å²) < 4.78 is 0. The minimum absolute atomic E-state index is 0.0585. The van der Waals surface area contributed by atoms with Gasteiger partial charge in [0.15, 0.2) is 0 Å². The lowest BCUT2D eigenvalue weighted by atomic mass is 10.3. The highest BCUT2D eigenvalue weighted by Crippen LogP contribution is 2.15. The number of nitrogens with one attached hydrogen (secondary N) is 1. The Hall–Kier alpha value is -1.43. The first-order valence-electron chi connectivity index (χ1n) is 4.68. The summed E-state index contributed by atoms with van der Waals surface area (Å²) in [5, 5.41) is 2.78. The molecule has 0 aromatic carbocycles. The van der Waals surface area contributed by atoms with Gasteiger partial charge in [-0.2, -0.15) is 0 Å². The van der Waals surface area contributed by atoms with E-state index >= 15 is 0 Å². The van der Waals surface area contributed by atoms with Gasteiger partial charge in [-0.15, -0.1) is 0 Å². The fraction of sp³-hybridized carbons (Fsp3) is 0. The van der Waals surface area contributed by atoms with E-state index in [-0.39, 0.29) is 27.1 Å². The van der Waals surface area contributed by atoms with E-state index in [1.807, 2.05) is 0 Å². The molecule has 0 radical (unpaired) electrons. The van der Waals surface area contributed by atoms with Crippen LogP contribution in [0.2, 0.25) is 15.6 Å². The van der Waals surface area contributed by atoms with Crippen LogP contribution in [0, 0.1) is 0 Å². The van der Waals surface area contributed by atoms with Crippen molar-refractivity contribution >= 4 is 46.5 Å². The fourth-order valence-electron chi connectivity index (χ4n) is 1.17. The van der Waals surface area contributed by atoms with Crippen molar-refractivity contribution in [1.82, 2.24) is 15.0 Å². The monoisotopic (exact) mass is 302 g/mol. The third kappa shape index (κ3) is 3.29. The van der Waals surface area contributed by atoms with Gasteiger partial charge in [-0.3, -0.25) is 4.79 Å². The molecule has 2 heterocycles. The normalized spacial score (nSPS) is 10.2. The van der Waals surface area contributed by atoms with Crippen molar-refractivity contribution < 1.29 is 4.79 Å². The topological polar surface area (TPSA) is 67.8 Å². The van der Waals surface area contributed by atoms with E-state index in [1.165, 1.54) is 12.1 Å². The molecule has 0 aliphatic heterocycles. The predicted octanol–water partition coefficient (Wildman–Crippen LogP) is 3.08. The maximum Gasteiger partial charge on any atom is 0.275 e.